The molecule has 0 radical (unpaired) electrons. The minimum absolute atomic E-state index is 0.0416. The number of amides is 1. The monoisotopic (exact) mass is 264 g/mol. The Labute approximate surface area is 115 Å². The molecule has 0 heterocycles. The molecule has 1 aromatic carbocycles. The van der Waals surface area contributed by atoms with Gasteiger partial charge in [-0.1, -0.05) is 19.9 Å². The number of methoxy groups -OCH3 is 1. The van der Waals surface area contributed by atoms with Gasteiger partial charge in [-0.3, -0.25) is 4.79 Å². The third-order valence-corrected chi connectivity index (χ3v) is 2.96. The molecule has 0 aliphatic carbocycles. The molecule has 0 spiro atoms. The highest BCUT2D eigenvalue weighted by molar-refractivity contribution is 6.00. The van der Waals surface area contributed by atoms with E-state index in [4.69, 9.17) is 10.5 Å². The lowest BCUT2D eigenvalue weighted by Gasteiger charge is -2.29. The fourth-order valence-electron chi connectivity index (χ4n) is 1.98. The van der Waals surface area contributed by atoms with Crippen LogP contribution in [0.1, 0.15) is 38.1 Å². The van der Waals surface area contributed by atoms with Gasteiger partial charge in [0.05, 0.1) is 18.4 Å². The summed E-state index contributed by atoms with van der Waals surface area (Å²) in [5.41, 5.74) is 6.91. The Hall–Kier alpha value is -1.71. The van der Waals surface area contributed by atoms with Crippen LogP contribution in [0.5, 0.6) is 5.75 Å². The number of para-hydroxylation sites is 1. The van der Waals surface area contributed by atoms with Crippen molar-refractivity contribution in [1.82, 2.24) is 4.90 Å². The number of rotatable bonds is 5. The second-order valence-electron chi connectivity index (χ2n) is 5.37. The Bertz CT molecular complexity index is 442. The maximum absolute atomic E-state index is 12.6. The summed E-state index contributed by atoms with van der Waals surface area (Å²) < 4.78 is 5.16. The number of nitrogens with two attached hydrogens (primary N) is 1. The van der Waals surface area contributed by atoms with E-state index in [9.17, 15) is 4.79 Å². The lowest BCUT2D eigenvalue weighted by molar-refractivity contribution is 0.0683. The third kappa shape index (κ3) is 3.63. The van der Waals surface area contributed by atoms with E-state index in [0.717, 1.165) is 0 Å². The number of anilines is 1. The van der Waals surface area contributed by atoms with E-state index in [1.807, 2.05) is 18.7 Å². The summed E-state index contributed by atoms with van der Waals surface area (Å²) in [5, 5.41) is 0. The van der Waals surface area contributed by atoms with Gasteiger partial charge >= 0.3 is 0 Å². The number of carbonyl (C=O) groups is 1. The molecule has 106 valence electrons. The van der Waals surface area contributed by atoms with Crippen molar-refractivity contribution in [1.29, 1.82) is 0 Å². The normalized spacial score (nSPS) is 10.9. The van der Waals surface area contributed by atoms with Crippen LogP contribution in [0.15, 0.2) is 18.2 Å². The summed E-state index contributed by atoms with van der Waals surface area (Å²) >= 11 is 0. The molecular weight excluding hydrogens is 240 g/mol. The van der Waals surface area contributed by atoms with Gasteiger partial charge in [-0.2, -0.15) is 0 Å². The molecule has 4 nitrogen and oxygen atoms in total. The van der Waals surface area contributed by atoms with Gasteiger partial charge in [-0.25, -0.2) is 0 Å². The van der Waals surface area contributed by atoms with Crippen LogP contribution in [0.25, 0.3) is 0 Å². The molecule has 0 fully saturated rings. The van der Waals surface area contributed by atoms with Crippen LogP contribution in [0, 0.1) is 5.92 Å². The molecule has 0 saturated heterocycles. The van der Waals surface area contributed by atoms with Gasteiger partial charge in [0.1, 0.15) is 5.75 Å². The Balaban J connectivity index is 3.09. The van der Waals surface area contributed by atoms with Crippen LogP contribution in [-0.2, 0) is 0 Å². The Morgan fingerprint density at radius 2 is 1.95 bits per heavy atom. The molecule has 0 atom stereocenters. The molecular formula is C15H24N2O2. The number of benzene rings is 1. The van der Waals surface area contributed by atoms with Gasteiger partial charge in [-0.15, -0.1) is 0 Å². The van der Waals surface area contributed by atoms with E-state index in [1.54, 1.807) is 25.3 Å². The minimum Gasteiger partial charge on any atom is -0.495 e. The topological polar surface area (TPSA) is 55.6 Å². The van der Waals surface area contributed by atoms with E-state index in [-0.39, 0.29) is 11.9 Å². The van der Waals surface area contributed by atoms with Gasteiger partial charge in [0.25, 0.3) is 5.91 Å². The SMILES string of the molecule is COc1cccc(C(=O)N(CC(C)C)C(C)C)c1N. The fourth-order valence-corrected chi connectivity index (χ4v) is 1.98. The average molecular weight is 264 g/mol. The molecule has 2 N–H and O–H groups in total. The first kappa shape index (κ1) is 15.3. The standard InChI is InChI=1S/C15H24N2O2/c1-10(2)9-17(11(3)4)15(18)12-7-6-8-13(19-5)14(12)16/h6-8,10-11H,9,16H2,1-5H3. The predicted octanol–water partition coefficient (Wildman–Crippen LogP) is 2.78. The summed E-state index contributed by atoms with van der Waals surface area (Å²) in [6.07, 6.45) is 0. The second kappa shape index (κ2) is 6.45. The lowest BCUT2D eigenvalue weighted by atomic mass is 10.1. The molecule has 0 bridgehead atoms. The van der Waals surface area contributed by atoms with Crippen molar-refractivity contribution in [3.05, 3.63) is 23.8 Å². The Morgan fingerprint density at radius 1 is 1.32 bits per heavy atom. The van der Waals surface area contributed by atoms with E-state index < -0.39 is 0 Å². The minimum atomic E-state index is -0.0416. The van der Waals surface area contributed by atoms with Crippen molar-refractivity contribution in [2.45, 2.75) is 33.7 Å². The molecule has 1 amide bonds. The highest BCUT2D eigenvalue weighted by Crippen LogP contribution is 2.26. The fraction of sp³-hybridized carbons (Fsp3) is 0.533. The largest absolute Gasteiger partial charge is 0.495 e. The number of nitrogens with zero attached hydrogens (tertiary/aromatic N) is 1. The maximum atomic E-state index is 12.6. The van der Waals surface area contributed by atoms with Gasteiger partial charge in [0.2, 0.25) is 0 Å². The molecule has 0 aliphatic heterocycles. The van der Waals surface area contributed by atoms with Crippen LogP contribution in [0.4, 0.5) is 5.69 Å². The molecule has 0 aliphatic rings. The van der Waals surface area contributed by atoms with Crippen LogP contribution < -0.4 is 10.5 Å². The number of nitrogen functional groups attached to an aromatic ring is 1. The van der Waals surface area contributed by atoms with Gasteiger partial charge in [0, 0.05) is 12.6 Å². The first-order valence-electron chi connectivity index (χ1n) is 6.61. The number of carbonyl (C=O) groups excluding carboxylic acids is 1. The van der Waals surface area contributed by atoms with Crippen LogP contribution in [0.2, 0.25) is 0 Å². The van der Waals surface area contributed by atoms with Crippen LogP contribution >= 0.6 is 0 Å². The van der Waals surface area contributed by atoms with Crippen LogP contribution in [0.3, 0.4) is 0 Å². The zero-order valence-electron chi connectivity index (χ0n) is 12.4. The van der Waals surface area contributed by atoms with Gasteiger partial charge in [0.15, 0.2) is 0 Å². The summed E-state index contributed by atoms with van der Waals surface area (Å²) in [6, 6.07) is 5.43. The highest BCUT2D eigenvalue weighted by Gasteiger charge is 2.22. The number of ether oxygens (including phenoxy) is 1. The third-order valence-electron chi connectivity index (χ3n) is 2.96. The lowest BCUT2D eigenvalue weighted by Crippen LogP contribution is -2.39. The molecule has 1 rings (SSSR count). The summed E-state index contributed by atoms with van der Waals surface area (Å²) in [7, 11) is 1.55. The smallest absolute Gasteiger partial charge is 0.256 e. The molecule has 0 aromatic heterocycles. The predicted molar refractivity (Wildman–Crippen MR) is 78.4 cm³/mol. The maximum Gasteiger partial charge on any atom is 0.256 e. The van der Waals surface area contributed by atoms with E-state index in [0.29, 0.717) is 29.5 Å². The zero-order valence-corrected chi connectivity index (χ0v) is 12.4. The molecule has 0 unspecified atom stereocenters. The van der Waals surface area contributed by atoms with Crippen molar-refractivity contribution in [3.63, 3.8) is 0 Å². The Morgan fingerprint density at radius 3 is 2.42 bits per heavy atom. The number of hydrogen-bond acceptors (Lipinski definition) is 3. The quantitative estimate of drug-likeness (QED) is 0.832. The molecule has 19 heavy (non-hydrogen) atoms. The van der Waals surface area contributed by atoms with Crippen molar-refractivity contribution in [2.75, 3.05) is 19.4 Å². The highest BCUT2D eigenvalue weighted by atomic mass is 16.5. The molecule has 4 heteroatoms. The van der Waals surface area contributed by atoms with Crippen molar-refractivity contribution in [3.8, 4) is 5.75 Å². The summed E-state index contributed by atoms with van der Waals surface area (Å²) in [6.45, 7) is 8.93. The van der Waals surface area contributed by atoms with Gasteiger partial charge in [-0.05, 0) is 31.9 Å². The van der Waals surface area contributed by atoms with E-state index in [1.165, 1.54) is 0 Å². The van der Waals surface area contributed by atoms with Crippen molar-refractivity contribution in [2.24, 2.45) is 5.92 Å². The first-order chi connectivity index (χ1) is 8.88. The van der Waals surface area contributed by atoms with Crippen molar-refractivity contribution < 1.29 is 9.53 Å². The number of hydrogen-bond donors (Lipinski definition) is 1. The van der Waals surface area contributed by atoms with Gasteiger partial charge < -0.3 is 15.4 Å². The van der Waals surface area contributed by atoms with Crippen LogP contribution in [-0.4, -0.2) is 30.5 Å². The van der Waals surface area contributed by atoms with E-state index in [2.05, 4.69) is 13.8 Å². The molecule has 0 saturated carbocycles. The average Bonchev–Trinajstić information content (AvgIpc) is 2.35. The summed E-state index contributed by atoms with van der Waals surface area (Å²) in [4.78, 5) is 14.4. The van der Waals surface area contributed by atoms with Crippen molar-refractivity contribution >= 4 is 11.6 Å². The first-order valence-corrected chi connectivity index (χ1v) is 6.61. The Kier molecular flexibility index (Phi) is 5.21. The zero-order chi connectivity index (χ0) is 14.6. The summed E-state index contributed by atoms with van der Waals surface area (Å²) in [5.74, 6) is 0.914. The second-order valence-corrected chi connectivity index (χ2v) is 5.37. The molecule has 1 aromatic rings. The van der Waals surface area contributed by atoms with E-state index >= 15 is 0 Å².